The lowest BCUT2D eigenvalue weighted by Gasteiger charge is -2.35. The largest absolute Gasteiger partial charge is 0.334 e. The summed E-state index contributed by atoms with van der Waals surface area (Å²) in [5, 5.41) is 6.32. The van der Waals surface area contributed by atoms with E-state index in [1.165, 1.54) is 19.3 Å². The number of hydrogen-bond donors (Lipinski definition) is 2. The van der Waals surface area contributed by atoms with E-state index >= 15 is 0 Å². The second kappa shape index (κ2) is 5.56. The first-order valence-electron chi connectivity index (χ1n) is 8.49. The molecule has 0 amide bonds. The van der Waals surface area contributed by atoms with Crippen LogP contribution in [0.25, 0.3) is 22.8 Å². The topological polar surface area (TPSA) is 79.1 Å². The molecule has 3 heterocycles. The van der Waals surface area contributed by atoms with Gasteiger partial charge in [0.1, 0.15) is 0 Å². The normalized spacial score (nSPS) is 16.4. The third kappa shape index (κ3) is 2.35. The fourth-order valence-electron chi connectivity index (χ4n) is 3.24. The summed E-state index contributed by atoms with van der Waals surface area (Å²) in [5.74, 6) is 1.06. The van der Waals surface area contributed by atoms with Gasteiger partial charge in [0.05, 0.1) is 11.4 Å². The van der Waals surface area contributed by atoms with Crippen LogP contribution in [0.15, 0.2) is 41.2 Å². The molecule has 0 radical (unpaired) electrons. The van der Waals surface area contributed by atoms with E-state index in [2.05, 4.69) is 37.2 Å². The van der Waals surface area contributed by atoms with E-state index in [0.717, 1.165) is 28.1 Å². The van der Waals surface area contributed by atoms with E-state index < -0.39 is 0 Å². The van der Waals surface area contributed by atoms with Crippen molar-refractivity contribution in [3.8, 4) is 22.8 Å². The summed E-state index contributed by atoms with van der Waals surface area (Å²) >= 11 is 0. The number of anilines is 2. The third-order valence-corrected chi connectivity index (χ3v) is 4.96. The monoisotopic (exact) mass is 334 g/mol. The second-order valence-electron chi connectivity index (χ2n) is 6.54. The van der Waals surface area contributed by atoms with Crippen LogP contribution < -0.4 is 16.0 Å². The molecule has 25 heavy (non-hydrogen) atoms. The Morgan fingerprint density at radius 2 is 2.16 bits per heavy atom. The number of rotatable bonds is 3. The SMILES string of the molecule is Cc1ccncc1-c1noc(-c2ccc3c(c2)NNN3C2CCC2)n1. The lowest BCUT2D eigenvalue weighted by atomic mass is 9.92. The summed E-state index contributed by atoms with van der Waals surface area (Å²) < 4.78 is 5.48. The van der Waals surface area contributed by atoms with E-state index in [1.54, 1.807) is 12.4 Å². The predicted octanol–water partition coefficient (Wildman–Crippen LogP) is 3.31. The standard InChI is InChI=1S/C18H18N6O/c1-11-7-8-19-10-14(11)17-20-18(25-22-17)12-5-6-16-15(9-12)21-23-24(16)13-3-2-4-13/h5-10,13,21,23H,2-4H2,1H3. The number of hydrazine groups is 2. The molecule has 0 atom stereocenters. The highest BCUT2D eigenvalue weighted by molar-refractivity contribution is 5.78. The quantitative estimate of drug-likeness (QED) is 0.760. The van der Waals surface area contributed by atoms with E-state index in [1.807, 2.05) is 25.1 Å². The van der Waals surface area contributed by atoms with Crippen LogP contribution in [-0.2, 0) is 0 Å². The van der Waals surface area contributed by atoms with Crippen LogP contribution in [0, 0.1) is 6.92 Å². The Kier molecular flexibility index (Phi) is 3.21. The molecular weight excluding hydrogens is 316 g/mol. The Hall–Kier alpha value is -2.93. The third-order valence-electron chi connectivity index (χ3n) is 4.96. The first kappa shape index (κ1) is 14.4. The summed E-state index contributed by atoms with van der Waals surface area (Å²) in [6.45, 7) is 2.01. The highest BCUT2D eigenvalue weighted by Crippen LogP contribution is 2.38. The van der Waals surface area contributed by atoms with Gasteiger partial charge in [0.15, 0.2) is 0 Å². The van der Waals surface area contributed by atoms with E-state index in [9.17, 15) is 0 Å². The van der Waals surface area contributed by atoms with Crippen LogP contribution in [0.5, 0.6) is 0 Å². The minimum Gasteiger partial charge on any atom is -0.334 e. The summed E-state index contributed by atoms with van der Waals surface area (Å²) in [7, 11) is 0. The number of hydrogen-bond acceptors (Lipinski definition) is 7. The fourth-order valence-corrected chi connectivity index (χ4v) is 3.24. The molecule has 5 rings (SSSR count). The molecule has 0 spiro atoms. The molecule has 2 aromatic heterocycles. The highest BCUT2D eigenvalue weighted by atomic mass is 16.5. The van der Waals surface area contributed by atoms with Crippen LogP contribution >= 0.6 is 0 Å². The van der Waals surface area contributed by atoms with Gasteiger partial charge in [-0.05, 0) is 56.0 Å². The Morgan fingerprint density at radius 3 is 2.96 bits per heavy atom. The van der Waals surface area contributed by atoms with Crippen molar-refractivity contribution >= 4 is 11.4 Å². The van der Waals surface area contributed by atoms with Crippen LogP contribution in [0.1, 0.15) is 24.8 Å². The zero-order chi connectivity index (χ0) is 16.8. The summed E-state index contributed by atoms with van der Waals surface area (Å²) in [5.41, 5.74) is 11.5. The van der Waals surface area contributed by atoms with Crippen molar-refractivity contribution in [1.29, 1.82) is 0 Å². The maximum atomic E-state index is 5.48. The molecule has 7 nitrogen and oxygen atoms in total. The van der Waals surface area contributed by atoms with Crippen LogP contribution in [0.2, 0.25) is 0 Å². The molecule has 0 bridgehead atoms. The number of benzene rings is 1. The van der Waals surface area contributed by atoms with Gasteiger partial charge in [-0.2, -0.15) is 4.98 Å². The molecule has 3 aromatic rings. The number of nitrogens with zero attached hydrogens (tertiary/aromatic N) is 4. The van der Waals surface area contributed by atoms with Crippen LogP contribution in [0.4, 0.5) is 11.4 Å². The Balaban J connectivity index is 1.46. The van der Waals surface area contributed by atoms with Gasteiger partial charge < -0.3 is 9.95 Å². The van der Waals surface area contributed by atoms with Gasteiger partial charge in [0, 0.05) is 29.6 Å². The number of aryl methyl sites for hydroxylation is 1. The average Bonchev–Trinajstić information content (AvgIpc) is 3.21. The summed E-state index contributed by atoms with van der Waals surface area (Å²) in [6, 6.07) is 8.66. The Morgan fingerprint density at radius 1 is 1.24 bits per heavy atom. The van der Waals surface area contributed by atoms with Gasteiger partial charge in [0.2, 0.25) is 5.82 Å². The van der Waals surface area contributed by atoms with Crippen molar-refractivity contribution in [3.05, 3.63) is 42.2 Å². The lowest BCUT2D eigenvalue weighted by molar-refractivity contribution is 0.372. The molecule has 1 aromatic carbocycles. The molecule has 1 fully saturated rings. The highest BCUT2D eigenvalue weighted by Gasteiger charge is 2.30. The number of pyridine rings is 1. The van der Waals surface area contributed by atoms with Gasteiger partial charge >= 0.3 is 0 Å². The van der Waals surface area contributed by atoms with Crippen molar-refractivity contribution in [2.24, 2.45) is 0 Å². The average molecular weight is 334 g/mol. The molecule has 2 N–H and O–H groups in total. The first-order chi connectivity index (χ1) is 12.3. The summed E-state index contributed by atoms with van der Waals surface area (Å²) in [4.78, 5) is 8.68. The van der Waals surface area contributed by atoms with Gasteiger partial charge in [0.25, 0.3) is 5.89 Å². The van der Waals surface area contributed by atoms with Crippen molar-refractivity contribution in [2.75, 3.05) is 10.4 Å². The van der Waals surface area contributed by atoms with E-state index in [0.29, 0.717) is 17.8 Å². The number of aromatic nitrogens is 3. The van der Waals surface area contributed by atoms with Crippen molar-refractivity contribution in [1.82, 2.24) is 20.7 Å². The van der Waals surface area contributed by atoms with Crippen molar-refractivity contribution in [2.45, 2.75) is 32.2 Å². The molecule has 0 unspecified atom stereocenters. The maximum Gasteiger partial charge on any atom is 0.258 e. The van der Waals surface area contributed by atoms with Gasteiger partial charge in [-0.25, -0.2) is 0 Å². The lowest BCUT2D eigenvalue weighted by Crippen LogP contribution is -2.47. The molecule has 1 saturated carbocycles. The minimum atomic E-state index is 0.505. The first-order valence-corrected chi connectivity index (χ1v) is 8.49. The second-order valence-corrected chi connectivity index (χ2v) is 6.54. The number of nitrogens with one attached hydrogen (secondary N) is 2. The smallest absolute Gasteiger partial charge is 0.258 e. The van der Waals surface area contributed by atoms with Gasteiger partial charge in [-0.3, -0.25) is 9.99 Å². The van der Waals surface area contributed by atoms with E-state index in [-0.39, 0.29) is 0 Å². The summed E-state index contributed by atoms with van der Waals surface area (Å²) in [6.07, 6.45) is 7.27. The molecule has 2 aliphatic rings. The van der Waals surface area contributed by atoms with Gasteiger partial charge in [-0.15, -0.1) is 5.53 Å². The van der Waals surface area contributed by atoms with Crippen molar-refractivity contribution < 1.29 is 4.52 Å². The zero-order valence-electron chi connectivity index (χ0n) is 13.9. The van der Waals surface area contributed by atoms with Crippen LogP contribution in [0.3, 0.4) is 0 Å². The van der Waals surface area contributed by atoms with Crippen LogP contribution in [-0.4, -0.2) is 21.2 Å². The molecule has 7 heteroatoms. The number of fused-ring (bicyclic) bond motifs is 1. The van der Waals surface area contributed by atoms with Crippen molar-refractivity contribution in [3.63, 3.8) is 0 Å². The predicted molar refractivity (Wildman–Crippen MR) is 94.6 cm³/mol. The zero-order valence-corrected chi connectivity index (χ0v) is 13.9. The molecule has 0 saturated heterocycles. The molecule has 1 aliphatic heterocycles. The molecular formula is C18H18N6O. The Bertz CT molecular complexity index is 933. The minimum absolute atomic E-state index is 0.505. The maximum absolute atomic E-state index is 5.48. The van der Waals surface area contributed by atoms with Gasteiger partial charge in [-0.1, -0.05) is 5.16 Å². The fraction of sp³-hybridized carbons (Fsp3) is 0.278. The Labute approximate surface area is 145 Å². The molecule has 126 valence electrons. The van der Waals surface area contributed by atoms with E-state index in [4.69, 9.17) is 4.52 Å². The molecule has 1 aliphatic carbocycles.